The van der Waals surface area contributed by atoms with Crippen LogP contribution >= 0.6 is 11.3 Å². The van der Waals surface area contributed by atoms with Crippen molar-refractivity contribution in [3.05, 3.63) is 35.1 Å². The number of pyridine rings is 1. The number of fused-ring (bicyclic) bond motifs is 2. The van der Waals surface area contributed by atoms with E-state index < -0.39 is 0 Å². The van der Waals surface area contributed by atoms with E-state index in [1.54, 1.807) is 11.3 Å². The molecule has 0 amide bonds. The number of hydrogen-bond donors (Lipinski definition) is 0. The van der Waals surface area contributed by atoms with Gasteiger partial charge in [0.25, 0.3) is 0 Å². The van der Waals surface area contributed by atoms with Crippen LogP contribution in [-0.4, -0.2) is 29.2 Å². The summed E-state index contributed by atoms with van der Waals surface area (Å²) in [6, 6.07) is 5.94. The molecule has 0 aliphatic carbocycles. The number of aromatic nitrogens is 6. The van der Waals surface area contributed by atoms with Crippen LogP contribution in [0.2, 0.25) is 0 Å². The smallest absolute Gasteiger partial charge is 0.235 e. The topological polar surface area (TPSA) is 60.4 Å². The molecule has 0 saturated heterocycles. The summed E-state index contributed by atoms with van der Waals surface area (Å²) in [7, 11) is 0. The van der Waals surface area contributed by atoms with Crippen molar-refractivity contribution in [2.75, 3.05) is 0 Å². The third-order valence-electron chi connectivity index (χ3n) is 3.55. The molecular formula is C15H16N6S. The standard InChI is InChI=1S/C15H16N6S/c1-9-11(20-8-6-5-7-10(20)16-9)12-17-18-14-21(12)19-13(22-14)15(2,3)4/h5-8H,1-4H3. The highest BCUT2D eigenvalue weighted by Crippen LogP contribution is 2.30. The predicted octanol–water partition coefficient (Wildman–Crippen LogP) is 3.11. The second-order valence-electron chi connectivity index (χ2n) is 6.35. The van der Waals surface area contributed by atoms with E-state index in [4.69, 9.17) is 5.10 Å². The SMILES string of the molecule is Cc1nc2ccccn2c1-c1nnc2sc(C(C)(C)C)nn12. The van der Waals surface area contributed by atoms with Crippen LogP contribution in [0.4, 0.5) is 0 Å². The van der Waals surface area contributed by atoms with E-state index in [0.29, 0.717) is 0 Å². The fourth-order valence-electron chi connectivity index (χ4n) is 2.45. The van der Waals surface area contributed by atoms with Crippen LogP contribution in [0.3, 0.4) is 0 Å². The van der Waals surface area contributed by atoms with Gasteiger partial charge in [0.15, 0.2) is 0 Å². The molecule has 0 N–H and O–H groups in total. The highest BCUT2D eigenvalue weighted by molar-refractivity contribution is 7.16. The molecule has 0 atom stereocenters. The van der Waals surface area contributed by atoms with Gasteiger partial charge in [0.05, 0.1) is 5.69 Å². The molecule has 0 spiro atoms. The Hall–Kier alpha value is -2.28. The molecule has 0 unspecified atom stereocenters. The van der Waals surface area contributed by atoms with Crippen LogP contribution < -0.4 is 0 Å². The summed E-state index contributed by atoms with van der Waals surface area (Å²) in [5, 5.41) is 14.4. The van der Waals surface area contributed by atoms with Gasteiger partial charge in [-0.1, -0.05) is 38.2 Å². The maximum Gasteiger partial charge on any atom is 0.235 e. The van der Waals surface area contributed by atoms with Gasteiger partial charge >= 0.3 is 0 Å². The molecule has 112 valence electrons. The van der Waals surface area contributed by atoms with Crippen LogP contribution in [0.1, 0.15) is 31.5 Å². The lowest BCUT2D eigenvalue weighted by molar-refractivity contribution is 0.574. The minimum absolute atomic E-state index is 0.00281. The lowest BCUT2D eigenvalue weighted by atomic mass is 9.98. The molecule has 4 heterocycles. The first kappa shape index (κ1) is 13.4. The molecular weight excluding hydrogens is 296 g/mol. The van der Waals surface area contributed by atoms with Crippen molar-refractivity contribution < 1.29 is 0 Å². The summed E-state index contributed by atoms with van der Waals surface area (Å²) in [6.07, 6.45) is 1.99. The molecule has 22 heavy (non-hydrogen) atoms. The Balaban J connectivity index is 2.00. The van der Waals surface area contributed by atoms with Crippen LogP contribution in [-0.2, 0) is 5.41 Å². The second-order valence-corrected chi connectivity index (χ2v) is 7.31. The highest BCUT2D eigenvalue weighted by Gasteiger charge is 2.24. The Morgan fingerprint density at radius 1 is 1.14 bits per heavy atom. The van der Waals surface area contributed by atoms with Crippen molar-refractivity contribution in [1.29, 1.82) is 0 Å². The molecule has 7 heteroatoms. The van der Waals surface area contributed by atoms with Crippen molar-refractivity contribution in [2.45, 2.75) is 33.1 Å². The summed E-state index contributed by atoms with van der Waals surface area (Å²) in [5.41, 5.74) is 2.76. The fourth-order valence-corrected chi connectivity index (χ4v) is 3.35. The highest BCUT2D eigenvalue weighted by atomic mass is 32.1. The van der Waals surface area contributed by atoms with Crippen LogP contribution in [0, 0.1) is 6.92 Å². The van der Waals surface area contributed by atoms with Crippen LogP contribution in [0.5, 0.6) is 0 Å². The number of rotatable bonds is 1. The van der Waals surface area contributed by atoms with Crippen molar-refractivity contribution in [1.82, 2.24) is 29.2 Å². The average Bonchev–Trinajstić information content (AvgIpc) is 3.09. The lowest BCUT2D eigenvalue weighted by Gasteiger charge is -2.12. The number of nitrogens with zero attached hydrogens (tertiary/aromatic N) is 6. The second kappa shape index (κ2) is 4.36. The summed E-state index contributed by atoms with van der Waals surface area (Å²) in [5.74, 6) is 0.734. The van der Waals surface area contributed by atoms with Gasteiger partial charge in [0, 0.05) is 11.6 Å². The van der Waals surface area contributed by atoms with Gasteiger partial charge in [0.1, 0.15) is 16.3 Å². The molecule has 4 rings (SSSR count). The Kier molecular flexibility index (Phi) is 2.65. The van der Waals surface area contributed by atoms with Crippen molar-refractivity contribution in [2.24, 2.45) is 0 Å². The molecule has 0 fully saturated rings. The minimum Gasteiger partial charge on any atom is -0.297 e. The van der Waals surface area contributed by atoms with Crippen LogP contribution in [0.15, 0.2) is 24.4 Å². The van der Waals surface area contributed by atoms with E-state index in [-0.39, 0.29) is 5.41 Å². The number of imidazole rings is 1. The third-order valence-corrected chi connectivity index (χ3v) is 4.87. The van der Waals surface area contributed by atoms with Gasteiger partial charge in [-0.25, -0.2) is 4.98 Å². The summed E-state index contributed by atoms with van der Waals surface area (Å²) in [4.78, 5) is 5.40. The first-order chi connectivity index (χ1) is 10.4. The molecule has 0 aromatic carbocycles. The summed E-state index contributed by atoms with van der Waals surface area (Å²) in [6.45, 7) is 8.44. The van der Waals surface area contributed by atoms with Gasteiger partial charge in [-0.2, -0.15) is 9.61 Å². The molecule has 0 bridgehead atoms. The van der Waals surface area contributed by atoms with Crippen molar-refractivity contribution in [3.63, 3.8) is 0 Å². The zero-order chi connectivity index (χ0) is 15.5. The fraction of sp³-hybridized carbons (Fsp3) is 0.333. The number of hydrogen-bond acceptors (Lipinski definition) is 5. The van der Waals surface area contributed by atoms with E-state index >= 15 is 0 Å². The number of aryl methyl sites for hydroxylation is 1. The average molecular weight is 312 g/mol. The van der Waals surface area contributed by atoms with E-state index in [1.807, 2.05) is 40.2 Å². The van der Waals surface area contributed by atoms with Gasteiger partial charge in [-0.15, -0.1) is 10.2 Å². The van der Waals surface area contributed by atoms with Gasteiger partial charge in [-0.05, 0) is 19.1 Å². The molecule has 4 aromatic heterocycles. The van der Waals surface area contributed by atoms with E-state index in [0.717, 1.165) is 32.8 Å². The van der Waals surface area contributed by atoms with Crippen LogP contribution in [0.25, 0.3) is 22.1 Å². The Labute approximate surface area is 131 Å². The zero-order valence-corrected chi connectivity index (χ0v) is 13.7. The van der Waals surface area contributed by atoms with Gasteiger partial charge < -0.3 is 0 Å². The predicted molar refractivity (Wildman–Crippen MR) is 86.3 cm³/mol. The van der Waals surface area contributed by atoms with E-state index in [1.165, 1.54) is 0 Å². The monoisotopic (exact) mass is 312 g/mol. The first-order valence-corrected chi connectivity index (χ1v) is 7.93. The third kappa shape index (κ3) is 1.85. The van der Waals surface area contributed by atoms with Crippen molar-refractivity contribution in [3.8, 4) is 11.5 Å². The van der Waals surface area contributed by atoms with E-state index in [9.17, 15) is 0 Å². The van der Waals surface area contributed by atoms with Crippen molar-refractivity contribution >= 4 is 21.9 Å². The maximum atomic E-state index is 4.72. The summed E-state index contributed by atoms with van der Waals surface area (Å²) >= 11 is 1.58. The molecule has 0 radical (unpaired) electrons. The Morgan fingerprint density at radius 3 is 2.73 bits per heavy atom. The Bertz CT molecular complexity index is 985. The Morgan fingerprint density at radius 2 is 1.95 bits per heavy atom. The molecule has 0 aliphatic heterocycles. The normalized spacial score (nSPS) is 12.5. The molecule has 0 aliphatic rings. The molecule has 4 aromatic rings. The minimum atomic E-state index is -0.00281. The molecule has 0 saturated carbocycles. The summed E-state index contributed by atoms with van der Waals surface area (Å²) < 4.78 is 3.86. The van der Waals surface area contributed by atoms with Gasteiger partial charge in [-0.3, -0.25) is 4.40 Å². The maximum absolute atomic E-state index is 4.72. The quantitative estimate of drug-likeness (QED) is 0.542. The van der Waals surface area contributed by atoms with E-state index in [2.05, 4.69) is 36.0 Å². The first-order valence-electron chi connectivity index (χ1n) is 7.12. The van der Waals surface area contributed by atoms with Gasteiger partial charge in [0.2, 0.25) is 10.8 Å². The lowest BCUT2D eigenvalue weighted by Crippen LogP contribution is -2.11. The largest absolute Gasteiger partial charge is 0.297 e. The molecule has 6 nitrogen and oxygen atoms in total. The zero-order valence-electron chi connectivity index (χ0n) is 12.9.